The second kappa shape index (κ2) is 7.78. The van der Waals surface area contributed by atoms with Crippen LogP contribution in [0.5, 0.6) is 11.5 Å². The first-order valence-electron chi connectivity index (χ1n) is 10.0. The van der Waals surface area contributed by atoms with Crippen LogP contribution in [0, 0.1) is 18.8 Å². The van der Waals surface area contributed by atoms with Crippen molar-refractivity contribution in [3.8, 4) is 11.5 Å². The van der Waals surface area contributed by atoms with Gasteiger partial charge in [-0.3, -0.25) is 4.79 Å². The van der Waals surface area contributed by atoms with E-state index in [9.17, 15) is 4.79 Å². The summed E-state index contributed by atoms with van der Waals surface area (Å²) in [5, 5.41) is 0. The topological polar surface area (TPSA) is 64.6 Å². The van der Waals surface area contributed by atoms with E-state index in [1.54, 1.807) is 12.3 Å². The second-order valence-corrected chi connectivity index (χ2v) is 7.94. The fourth-order valence-electron chi connectivity index (χ4n) is 4.29. The van der Waals surface area contributed by atoms with Gasteiger partial charge in [-0.25, -0.2) is 9.97 Å². The minimum atomic E-state index is -0.0332. The van der Waals surface area contributed by atoms with E-state index in [4.69, 9.17) is 9.47 Å². The SMILES string of the molecule is Cc1nccc(C(=O)N(Cc2ccc3c(c2)OCO3)C2CCCC(C)C2C)n1. The highest BCUT2D eigenvalue weighted by Gasteiger charge is 2.35. The number of benzene rings is 1. The average Bonchev–Trinajstić information content (AvgIpc) is 3.16. The van der Waals surface area contributed by atoms with Crippen molar-refractivity contribution in [1.82, 2.24) is 14.9 Å². The Bertz CT molecular complexity index is 870. The molecule has 2 aromatic rings. The fraction of sp³-hybridized carbons (Fsp3) is 0.500. The Morgan fingerprint density at radius 1 is 1.18 bits per heavy atom. The summed E-state index contributed by atoms with van der Waals surface area (Å²) in [5.41, 5.74) is 1.49. The van der Waals surface area contributed by atoms with Gasteiger partial charge in [-0.2, -0.15) is 0 Å². The number of ether oxygens (including phenoxy) is 2. The summed E-state index contributed by atoms with van der Waals surface area (Å²) in [6.07, 6.45) is 5.04. The summed E-state index contributed by atoms with van der Waals surface area (Å²) in [6, 6.07) is 7.80. The van der Waals surface area contributed by atoms with Gasteiger partial charge in [0.1, 0.15) is 11.5 Å². The number of nitrogens with zero attached hydrogens (tertiary/aromatic N) is 3. The van der Waals surface area contributed by atoms with Gasteiger partial charge >= 0.3 is 0 Å². The molecule has 6 heteroatoms. The molecule has 148 valence electrons. The van der Waals surface area contributed by atoms with Gasteiger partial charge in [0.15, 0.2) is 11.5 Å². The van der Waals surface area contributed by atoms with Crippen LogP contribution in [0.1, 0.15) is 55.0 Å². The number of hydrogen-bond acceptors (Lipinski definition) is 5. The summed E-state index contributed by atoms with van der Waals surface area (Å²) in [4.78, 5) is 24.0. The number of carbonyl (C=O) groups is 1. The quantitative estimate of drug-likeness (QED) is 0.801. The number of fused-ring (bicyclic) bond motifs is 1. The maximum atomic E-state index is 13.5. The van der Waals surface area contributed by atoms with Gasteiger partial charge in [-0.05, 0) is 48.9 Å². The van der Waals surface area contributed by atoms with Crippen molar-refractivity contribution in [2.75, 3.05) is 6.79 Å². The normalized spacial score (nSPS) is 23.5. The molecule has 1 aliphatic carbocycles. The average molecular weight is 381 g/mol. The summed E-state index contributed by atoms with van der Waals surface area (Å²) < 4.78 is 10.9. The smallest absolute Gasteiger partial charge is 0.273 e. The van der Waals surface area contributed by atoms with Crippen LogP contribution in [0.4, 0.5) is 0 Å². The zero-order valence-electron chi connectivity index (χ0n) is 16.7. The summed E-state index contributed by atoms with van der Waals surface area (Å²) in [7, 11) is 0. The zero-order chi connectivity index (χ0) is 19.7. The van der Waals surface area contributed by atoms with Crippen LogP contribution in [0.2, 0.25) is 0 Å². The van der Waals surface area contributed by atoms with Crippen molar-refractivity contribution in [3.05, 3.63) is 47.5 Å². The maximum Gasteiger partial charge on any atom is 0.273 e. The molecule has 0 radical (unpaired) electrons. The summed E-state index contributed by atoms with van der Waals surface area (Å²) in [6.45, 7) is 7.14. The van der Waals surface area contributed by atoms with Crippen molar-refractivity contribution in [3.63, 3.8) is 0 Å². The third-order valence-corrected chi connectivity index (χ3v) is 6.11. The lowest BCUT2D eigenvalue weighted by Crippen LogP contribution is -2.47. The predicted octanol–water partition coefficient (Wildman–Crippen LogP) is 3.98. The first kappa shape index (κ1) is 18.7. The highest BCUT2D eigenvalue weighted by molar-refractivity contribution is 5.92. The number of carbonyl (C=O) groups excluding carboxylic acids is 1. The van der Waals surface area contributed by atoms with Gasteiger partial charge in [0.25, 0.3) is 5.91 Å². The molecule has 0 spiro atoms. The van der Waals surface area contributed by atoms with Gasteiger partial charge in [-0.1, -0.05) is 32.8 Å². The van der Waals surface area contributed by atoms with E-state index < -0.39 is 0 Å². The number of amides is 1. The zero-order valence-corrected chi connectivity index (χ0v) is 16.7. The lowest BCUT2D eigenvalue weighted by atomic mass is 9.77. The van der Waals surface area contributed by atoms with Crippen LogP contribution in [-0.4, -0.2) is 33.6 Å². The Kier molecular flexibility index (Phi) is 5.20. The molecule has 1 aromatic carbocycles. The van der Waals surface area contributed by atoms with Gasteiger partial charge in [0.2, 0.25) is 6.79 Å². The molecule has 3 atom stereocenters. The molecule has 2 heterocycles. The Hall–Kier alpha value is -2.63. The monoisotopic (exact) mass is 381 g/mol. The van der Waals surface area contributed by atoms with E-state index in [1.165, 1.54) is 6.42 Å². The molecule has 1 aliphatic heterocycles. The van der Waals surface area contributed by atoms with Crippen molar-refractivity contribution >= 4 is 5.91 Å². The van der Waals surface area contributed by atoms with Gasteiger partial charge in [-0.15, -0.1) is 0 Å². The van der Waals surface area contributed by atoms with Gasteiger partial charge < -0.3 is 14.4 Å². The van der Waals surface area contributed by atoms with Crippen LogP contribution in [0.25, 0.3) is 0 Å². The summed E-state index contributed by atoms with van der Waals surface area (Å²) in [5.74, 6) is 3.11. The van der Waals surface area contributed by atoms with Crippen LogP contribution < -0.4 is 9.47 Å². The molecule has 0 bridgehead atoms. The van der Waals surface area contributed by atoms with Crippen LogP contribution in [-0.2, 0) is 6.54 Å². The predicted molar refractivity (Wildman–Crippen MR) is 105 cm³/mol. The Morgan fingerprint density at radius 3 is 2.82 bits per heavy atom. The number of aryl methyl sites for hydroxylation is 1. The number of hydrogen-bond donors (Lipinski definition) is 0. The van der Waals surface area contributed by atoms with Crippen molar-refractivity contribution < 1.29 is 14.3 Å². The van der Waals surface area contributed by atoms with Crippen LogP contribution >= 0.6 is 0 Å². The Morgan fingerprint density at radius 2 is 2.00 bits per heavy atom. The van der Waals surface area contributed by atoms with Crippen molar-refractivity contribution in [1.29, 1.82) is 0 Å². The fourth-order valence-corrected chi connectivity index (χ4v) is 4.29. The minimum Gasteiger partial charge on any atom is -0.454 e. The molecule has 6 nitrogen and oxygen atoms in total. The minimum absolute atomic E-state index is 0.0332. The van der Waals surface area contributed by atoms with Gasteiger partial charge in [0, 0.05) is 18.8 Å². The molecule has 3 unspecified atom stereocenters. The summed E-state index contributed by atoms with van der Waals surface area (Å²) >= 11 is 0. The molecule has 1 saturated carbocycles. The molecule has 4 rings (SSSR count). The maximum absolute atomic E-state index is 13.5. The Labute approximate surface area is 165 Å². The van der Waals surface area contributed by atoms with E-state index in [1.807, 2.05) is 30.0 Å². The molecular weight excluding hydrogens is 354 g/mol. The van der Waals surface area contributed by atoms with Crippen LogP contribution in [0.15, 0.2) is 30.5 Å². The molecule has 0 saturated heterocycles. The lowest BCUT2D eigenvalue weighted by molar-refractivity contribution is 0.0443. The van der Waals surface area contributed by atoms with E-state index in [2.05, 4.69) is 23.8 Å². The molecule has 1 aromatic heterocycles. The number of aromatic nitrogens is 2. The highest BCUT2D eigenvalue weighted by atomic mass is 16.7. The molecule has 1 fully saturated rings. The van der Waals surface area contributed by atoms with Crippen molar-refractivity contribution in [2.24, 2.45) is 11.8 Å². The number of rotatable bonds is 4. The third kappa shape index (κ3) is 3.68. The standard InChI is InChI=1S/C22H27N3O3/c1-14-5-4-6-19(15(14)2)25(22(26)18-9-10-23-16(3)24-18)12-17-7-8-20-21(11-17)28-13-27-20/h7-11,14-15,19H,4-6,12-13H2,1-3H3. The van der Waals surface area contributed by atoms with E-state index >= 15 is 0 Å². The molecule has 28 heavy (non-hydrogen) atoms. The van der Waals surface area contributed by atoms with E-state index in [0.717, 1.165) is 29.9 Å². The highest BCUT2D eigenvalue weighted by Crippen LogP contribution is 2.36. The molecular formula is C22H27N3O3. The van der Waals surface area contributed by atoms with E-state index in [-0.39, 0.29) is 18.7 Å². The van der Waals surface area contributed by atoms with Gasteiger partial charge in [0.05, 0.1) is 0 Å². The van der Waals surface area contributed by atoms with Crippen molar-refractivity contribution in [2.45, 2.75) is 52.6 Å². The Balaban J connectivity index is 1.65. The molecule has 2 aliphatic rings. The largest absolute Gasteiger partial charge is 0.454 e. The molecule has 0 N–H and O–H groups in total. The van der Waals surface area contributed by atoms with E-state index in [0.29, 0.717) is 29.9 Å². The molecule has 1 amide bonds. The first-order chi connectivity index (χ1) is 13.5. The first-order valence-corrected chi connectivity index (χ1v) is 10.0. The van der Waals surface area contributed by atoms with Crippen LogP contribution in [0.3, 0.4) is 0 Å². The second-order valence-electron chi connectivity index (χ2n) is 7.94. The third-order valence-electron chi connectivity index (χ3n) is 6.11. The lowest BCUT2D eigenvalue weighted by Gasteiger charge is -2.41.